The lowest BCUT2D eigenvalue weighted by Crippen LogP contribution is -2.41. The molecule has 0 unspecified atom stereocenters. The second-order valence-corrected chi connectivity index (χ2v) is 8.67. The van der Waals surface area contributed by atoms with Gasteiger partial charge in [-0.05, 0) is 55.3 Å². The quantitative estimate of drug-likeness (QED) is 0.620. The molecule has 176 valence electrons. The summed E-state index contributed by atoms with van der Waals surface area (Å²) in [5.74, 6) is 0.785. The van der Waals surface area contributed by atoms with Crippen molar-refractivity contribution in [1.82, 2.24) is 9.97 Å². The highest BCUT2D eigenvalue weighted by molar-refractivity contribution is 5.93. The van der Waals surface area contributed by atoms with Crippen molar-refractivity contribution < 1.29 is 13.9 Å². The van der Waals surface area contributed by atoms with E-state index in [4.69, 9.17) is 4.74 Å². The first kappa shape index (κ1) is 22.3. The summed E-state index contributed by atoms with van der Waals surface area (Å²) in [7, 11) is 0. The summed E-state index contributed by atoms with van der Waals surface area (Å²) in [5, 5.41) is 3.07. The first-order valence-electron chi connectivity index (χ1n) is 11.7. The second kappa shape index (κ2) is 10.2. The summed E-state index contributed by atoms with van der Waals surface area (Å²) in [6.07, 6.45) is 3.41. The monoisotopic (exact) mass is 461 g/mol. The van der Waals surface area contributed by atoms with E-state index in [-0.39, 0.29) is 17.6 Å². The van der Waals surface area contributed by atoms with Crippen molar-refractivity contribution in [2.24, 2.45) is 5.92 Å². The molecule has 2 aromatic carbocycles. The summed E-state index contributed by atoms with van der Waals surface area (Å²) in [6.45, 7) is 4.65. The lowest BCUT2D eigenvalue weighted by atomic mass is 9.97. The average Bonchev–Trinajstić information content (AvgIpc) is 2.90. The number of ether oxygens (including phenoxy) is 1. The van der Waals surface area contributed by atoms with E-state index in [0.717, 1.165) is 62.9 Å². The maximum Gasteiger partial charge on any atom is 0.229 e. The number of carbonyl (C=O) groups is 1. The molecule has 3 aromatic rings. The largest absolute Gasteiger partial charge is 0.378 e. The van der Waals surface area contributed by atoms with Crippen LogP contribution in [0.5, 0.6) is 0 Å². The Bertz CT molecular complexity index is 1130. The van der Waals surface area contributed by atoms with Crippen LogP contribution in [0.4, 0.5) is 21.6 Å². The smallest absolute Gasteiger partial charge is 0.229 e. The summed E-state index contributed by atoms with van der Waals surface area (Å²) >= 11 is 0. The first-order valence-corrected chi connectivity index (χ1v) is 11.7. The molecule has 5 rings (SSSR count). The van der Waals surface area contributed by atoms with E-state index in [1.165, 1.54) is 12.1 Å². The Balaban J connectivity index is 1.23. The zero-order valence-electron chi connectivity index (χ0n) is 19.0. The van der Waals surface area contributed by atoms with Crippen molar-refractivity contribution in [3.05, 3.63) is 66.6 Å². The lowest BCUT2D eigenvalue weighted by molar-refractivity contribution is -0.120. The molecule has 7 nitrogen and oxygen atoms in total. The van der Waals surface area contributed by atoms with Crippen LogP contribution in [0.1, 0.15) is 12.8 Å². The van der Waals surface area contributed by atoms with Gasteiger partial charge in [0, 0.05) is 49.3 Å². The standard InChI is InChI=1S/C26H28FN5O2/c27-21-5-1-3-19(17-21)25-28-11-10-24(30-25)32-12-2-4-20(18-32)26(33)29-22-6-8-23(9-7-22)31-13-15-34-16-14-31/h1,3,5-11,17,20H,2,4,12-16,18H2,(H,29,33)/t20-/m1/s1. The molecular weight excluding hydrogens is 433 g/mol. The highest BCUT2D eigenvalue weighted by Crippen LogP contribution is 2.26. The maximum atomic E-state index is 13.6. The van der Waals surface area contributed by atoms with Crippen LogP contribution in [-0.4, -0.2) is 55.3 Å². The van der Waals surface area contributed by atoms with E-state index in [2.05, 4.69) is 25.1 Å². The number of carbonyl (C=O) groups excluding carboxylic acids is 1. The number of rotatable bonds is 5. The molecule has 8 heteroatoms. The molecule has 34 heavy (non-hydrogen) atoms. The molecule has 0 aliphatic carbocycles. The highest BCUT2D eigenvalue weighted by atomic mass is 19.1. The number of hydrogen-bond acceptors (Lipinski definition) is 6. The van der Waals surface area contributed by atoms with Gasteiger partial charge in [0.15, 0.2) is 5.82 Å². The Labute approximate surface area is 198 Å². The van der Waals surface area contributed by atoms with Crippen molar-refractivity contribution in [2.75, 3.05) is 54.5 Å². The second-order valence-electron chi connectivity index (χ2n) is 8.67. The van der Waals surface area contributed by atoms with Crippen molar-refractivity contribution in [3.8, 4) is 11.4 Å². The Hall–Kier alpha value is -3.52. The number of hydrogen-bond donors (Lipinski definition) is 1. The zero-order valence-corrected chi connectivity index (χ0v) is 19.0. The fourth-order valence-corrected chi connectivity index (χ4v) is 4.51. The minimum Gasteiger partial charge on any atom is -0.378 e. The molecule has 0 saturated carbocycles. The molecular formula is C26H28FN5O2. The van der Waals surface area contributed by atoms with E-state index >= 15 is 0 Å². The number of anilines is 3. The van der Waals surface area contributed by atoms with Gasteiger partial charge in [-0.2, -0.15) is 0 Å². The van der Waals surface area contributed by atoms with Gasteiger partial charge in [0.2, 0.25) is 5.91 Å². The van der Waals surface area contributed by atoms with Gasteiger partial charge < -0.3 is 19.9 Å². The van der Waals surface area contributed by atoms with Crippen LogP contribution in [0.15, 0.2) is 60.8 Å². The van der Waals surface area contributed by atoms with Crippen LogP contribution in [-0.2, 0) is 9.53 Å². The zero-order chi connectivity index (χ0) is 23.3. The number of aromatic nitrogens is 2. The summed E-state index contributed by atoms with van der Waals surface area (Å²) in [6, 6.07) is 16.1. The van der Waals surface area contributed by atoms with Gasteiger partial charge in [0.05, 0.1) is 19.1 Å². The number of piperidine rings is 1. The SMILES string of the molecule is O=C(Nc1ccc(N2CCOCC2)cc1)[C@@H]1CCCN(c2ccnc(-c3cccc(F)c3)n2)C1. The summed E-state index contributed by atoms with van der Waals surface area (Å²) in [5.41, 5.74) is 2.58. The third-order valence-corrected chi connectivity index (χ3v) is 6.35. The molecule has 0 bridgehead atoms. The lowest BCUT2D eigenvalue weighted by Gasteiger charge is -2.33. The van der Waals surface area contributed by atoms with Crippen LogP contribution in [0, 0.1) is 11.7 Å². The molecule has 1 amide bonds. The van der Waals surface area contributed by atoms with Gasteiger partial charge in [0.25, 0.3) is 0 Å². The predicted octanol–water partition coefficient (Wildman–Crippen LogP) is 3.97. The molecule has 1 atom stereocenters. The van der Waals surface area contributed by atoms with Crippen molar-refractivity contribution >= 4 is 23.1 Å². The first-order chi connectivity index (χ1) is 16.7. The van der Waals surface area contributed by atoms with Gasteiger partial charge in [-0.1, -0.05) is 12.1 Å². The van der Waals surface area contributed by atoms with Gasteiger partial charge in [-0.3, -0.25) is 4.79 Å². The molecule has 0 spiro atoms. The van der Waals surface area contributed by atoms with Crippen LogP contribution in [0.3, 0.4) is 0 Å². The van der Waals surface area contributed by atoms with Crippen LogP contribution < -0.4 is 15.1 Å². The third kappa shape index (κ3) is 5.17. The Kier molecular flexibility index (Phi) is 6.67. The Morgan fingerprint density at radius 3 is 2.65 bits per heavy atom. The topological polar surface area (TPSA) is 70.6 Å². The number of benzene rings is 2. The molecule has 1 aromatic heterocycles. The highest BCUT2D eigenvalue weighted by Gasteiger charge is 2.27. The summed E-state index contributed by atoms with van der Waals surface area (Å²) in [4.78, 5) is 26.4. The van der Waals surface area contributed by atoms with Crippen LogP contribution in [0.25, 0.3) is 11.4 Å². The molecule has 0 radical (unpaired) electrons. The van der Waals surface area contributed by atoms with Crippen molar-refractivity contribution in [1.29, 1.82) is 0 Å². The Morgan fingerprint density at radius 2 is 1.85 bits per heavy atom. The number of halogens is 1. The minimum absolute atomic E-state index is 0.0169. The maximum absolute atomic E-state index is 13.6. The fourth-order valence-electron chi connectivity index (χ4n) is 4.51. The minimum atomic E-state index is -0.320. The fraction of sp³-hybridized carbons (Fsp3) is 0.346. The normalized spacial score (nSPS) is 18.6. The van der Waals surface area contributed by atoms with Gasteiger partial charge >= 0.3 is 0 Å². The van der Waals surface area contributed by atoms with Crippen molar-refractivity contribution in [3.63, 3.8) is 0 Å². The van der Waals surface area contributed by atoms with E-state index in [1.807, 2.05) is 30.3 Å². The molecule has 2 fully saturated rings. The average molecular weight is 462 g/mol. The van der Waals surface area contributed by atoms with E-state index in [1.54, 1.807) is 18.3 Å². The van der Waals surface area contributed by atoms with E-state index in [9.17, 15) is 9.18 Å². The van der Waals surface area contributed by atoms with Crippen LogP contribution >= 0.6 is 0 Å². The number of nitrogens with one attached hydrogen (secondary N) is 1. The number of nitrogens with zero attached hydrogens (tertiary/aromatic N) is 4. The third-order valence-electron chi connectivity index (χ3n) is 6.35. The Morgan fingerprint density at radius 1 is 1.03 bits per heavy atom. The molecule has 3 heterocycles. The molecule has 1 N–H and O–H groups in total. The molecule has 2 saturated heterocycles. The number of amides is 1. The molecule has 2 aliphatic heterocycles. The van der Waals surface area contributed by atoms with Gasteiger partial charge in [0.1, 0.15) is 11.6 Å². The predicted molar refractivity (Wildman–Crippen MR) is 130 cm³/mol. The van der Waals surface area contributed by atoms with Crippen LogP contribution in [0.2, 0.25) is 0 Å². The van der Waals surface area contributed by atoms with Crippen molar-refractivity contribution in [2.45, 2.75) is 12.8 Å². The van der Waals surface area contributed by atoms with E-state index in [0.29, 0.717) is 17.9 Å². The molecule has 2 aliphatic rings. The number of morpholine rings is 1. The van der Waals surface area contributed by atoms with Gasteiger partial charge in [-0.25, -0.2) is 14.4 Å². The van der Waals surface area contributed by atoms with Gasteiger partial charge in [-0.15, -0.1) is 0 Å². The van der Waals surface area contributed by atoms with E-state index < -0.39 is 0 Å². The summed E-state index contributed by atoms with van der Waals surface area (Å²) < 4.78 is 19.0.